The average molecular weight is 330 g/mol. The number of aromatic carboxylic acids is 1. The lowest BCUT2D eigenvalue weighted by molar-refractivity contribution is 0.0684. The number of aromatic nitrogens is 1. The summed E-state index contributed by atoms with van der Waals surface area (Å²) in [6.45, 7) is 2.63. The maximum atomic E-state index is 11.6. The van der Waals surface area contributed by atoms with Crippen LogP contribution in [-0.2, 0) is 6.54 Å². The summed E-state index contributed by atoms with van der Waals surface area (Å²) < 4.78 is 7.46. The van der Waals surface area contributed by atoms with Gasteiger partial charge in [0.1, 0.15) is 18.1 Å². The highest BCUT2D eigenvalue weighted by Gasteiger charge is 2.19. The largest absolute Gasteiger partial charge is 0.492 e. The molecule has 1 heterocycles. The van der Waals surface area contributed by atoms with Gasteiger partial charge in [0.05, 0.1) is 6.54 Å². The van der Waals surface area contributed by atoms with Gasteiger partial charge in [0, 0.05) is 15.9 Å². The smallest absolute Gasteiger partial charge is 0.352 e. The first-order valence-electron chi connectivity index (χ1n) is 7.27. The van der Waals surface area contributed by atoms with E-state index in [4.69, 9.17) is 16.3 Å². The second-order valence-corrected chi connectivity index (χ2v) is 5.69. The Bertz CT molecular complexity index is 856. The highest BCUT2D eigenvalue weighted by atomic mass is 35.5. The number of aryl methyl sites for hydroxylation is 1. The fourth-order valence-corrected chi connectivity index (χ4v) is 2.95. The van der Waals surface area contributed by atoms with E-state index in [1.807, 2.05) is 36.4 Å². The molecule has 0 fully saturated rings. The van der Waals surface area contributed by atoms with Crippen molar-refractivity contribution in [1.29, 1.82) is 0 Å². The summed E-state index contributed by atoms with van der Waals surface area (Å²) in [5, 5.41) is 11.0. The van der Waals surface area contributed by atoms with Crippen LogP contribution >= 0.6 is 11.6 Å². The Balaban J connectivity index is 1.92. The standard InChI is InChI=1S/C18H16ClNO3/c1-12-15-11-13(19)7-8-16(15)20(17(12)18(21)22)9-10-23-14-5-3-2-4-6-14/h2-8,11H,9-10H2,1H3,(H,21,22). The lowest BCUT2D eigenvalue weighted by Crippen LogP contribution is -2.14. The Kier molecular flexibility index (Phi) is 4.26. The molecule has 0 bridgehead atoms. The Hall–Kier alpha value is -2.46. The number of benzene rings is 2. The van der Waals surface area contributed by atoms with E-state index in [9.17, 15) is 9.90 Å². The van der Waals surface area contributed by atoms with Crippen molar-refractivity contribution in [2.24, 2.45) is 0 Å². The second-order valence-electron chi connectivity index (χ2n) is 5.25. The van der Waals surface area contributed by atoms with Gasteiger partial charge in [-0.2, -0.15) is 0 Å². The lowest BCUT2D eigenvalue weighted by Gasteiger charge is -2.10. The summed E-state index contributed by atoms with van der Waals surface area (Å²) in [5.74, 6) is -0.185. The minimum atomic E-state index is -0.950. The molecule has 3 rings (SSSR count). The Morgan fingerprint density at radius 2 is 1.96 bits per heavy atom. The van der Waals surface area contributed by atoms with Gasteiger partial charge in [0.2, 0.25) is 0 Å². The van der Waals surface area contributed by atoms with Crippen LogP contribution in [0.4, 0.5) is 0 Å². The third kappa shape index (κ3) is 3.03. The molecule has 0 aliphatic heterocycles. The van der Waals surface area contributed by atoms with Crippen LogP contribution in [0.5, 0.6) is 5.75 Å². The van der Waals surface area contributed by atoms with Gasteiger partial charge in [-0.3, -0.25) is 0 Å². The highest BCUT2D eigenvalue weighted by Crippen LogP contribution is 2.28. The molecule has 0 atom stereocenters. The minimum absolute atomic E-state index is 0.277. The molecule has 0 aliphatic rings. The van der Waals surface area contributed by atoms with Gasteiger partial charge in [-0.25, -0.2) is 4.79 Å². The number of nitrogens with zero attached hydrogens (tertiary/aromatic N) is 1. The van der Waals surface area contributed by atoms with E-state index >= 15 is 0 Å². The zero-order valence-corrected chi connectivity index (χ0v) is 13.4. The fraction of sp³-hybridized carbons (Fsp3) is 0.167. The van der Waals surface area contributed by atoms with Crippen LogP contribution in [0.3, 0.4) is 0 Å². The zero-order chi connectivity index (χ0) is 16.4. The first-order valence-corrected chi connectivity index (χ1v) is 7.65. The van der Waals surface area contributed by atoms with Crippen molar-refractivity contribution in [2.45, 2.75) is 13.5 Å². The molecule has 1 aromatic heterocycles. The maximum Gasteiger partial charge on any atom is 0.352 e. The van der Waals surface area contributed by atoms with E-state index < -0.39 is 5.97 Å². The Morgan fingerprint density at radius 1 is 1.22 bits per heavy atom. The van der Waals surface area contributed by atoms with Crippen molar-refractivity contribution >= 4 is 28.5 Å². The topological polar surface area (TPSA) is 51.5 Å². The minimum Gasteiger partial charge on any atom is -0.492 e. The highest BCUT2D eigenvalue weighted by molar-refractivity contribution is 6.31. The molecular formula is C18H16ClNO3. The molecule has 5 heteroatoms. The van der Waals surface area contributed by atoms with Gasteiger partial charge in [-0.05, 0) is 42.8 Å². The number of hydrogen-bond donors (Lipinski definition) is 1. The SMILES string of the molecule is Cc1c(C(=O)O)n(CCOc2ccccc2)c2ccc(Cl)cc12. The molecule has 0 spiro atoms. The van der Waals surface area contributed by atoms with Crippen LogP contribution in [0.2, 0.25) is 5.02 Å². The van der Waals surface area contributed by atoms with Crippen LogP contribution in [-0.4, -0.2) is 22.2 Å². The van der Waals surface area contributed by atoms with Crippen molar-refractivity contribution in [3.8, 4) is 5.75 Å². The summed E-state index contributed by atoms with van der Waals surface area (Å²) >= 11 is 6.03. The summed E-state index contributed by atoms with van der Waals surface area (Å²) in [6.07, 6.45) is 0. The van der Waals surface area contributed by atoms with Crippen LogP contribution in [0.15, 0.2) is 48.5 Å². The van der Waals surface area contributed by atoms with Gasteiger partial charge >= 0.3 is 5.97 Å². The van der Waals surface area contributed by atoms with E-state index in [-0.39, 0.29) is 5.69 Å². The molecule has 3 aromatic rings. The Labute approximate surface area is 138 Å². The summed E-state index contributed by atoms with van der Waals surface area (Å²) in [5.41, 5.74) is 1.84. The predicted molar refractivity (Wildman–Crippen MR) is 90.6 cm³/mol. The number of carboxylic acid groups (broad SMARTS) is 1. The number of para-hydroxylation sites is 1. The Morgan fingerprint density at radius 3 is 2.65 bits per heavy atom. The molecule has 0 saturated carbocycles. The predicted octanol–water partition coefficient (Wildman–Crippen LogP) is 4.38. The molecule has 0 aliphatic carbocycles. The normalized spacial score (nSPS) is 10.9. The molecule has 0 amide bonds. The van der Waals surface area contributed by atoms with Crippen molar-refractivity contribution in [2.75, 3.05) is 6.61 Å². The van der Waals surface area contributed by atoms with Gasteiger partial charge in [0.15, 0.2) is 0 Å². The molecule has 0 saturated heterocycles. The number of halogens is 1. The summed E-state index contributed by atoms with van der Waals surface area (Å²) in [4.78, 5) is 11.6. The van der Waals surface area contributed by atoms with E-state index in [2.05, 4.69) is 0 Å². The van der Waals surface area contributed by atoms with Crippen LogP contribution in [0.25, 0.3) is 10.9 Å². The summed E-state index contributed by atoms with van der Waals surface area (Å²) in [6, 6.07) is 14.9. The molecule has 0 radical (unpaired) electrons. The lowest BCUT2D eigenvalue weighted by atomic mass is 10.1. The zero-order valence-electron chi connectivity index (χ0n) is 12.6. The molecule has 2 aromatic carbocycles. The maximum absolute atomic E-state index is 11.6. The summed E-state index contributed by atoms with van der Waals surface area (Å²) in [7, 11) is 0. The number of hydrogen-bond acceptors (Lipinski definition) is 2. The van der Waals surface area contributed by atoms with Crippen molar-refractivity contribution < 1.29 is 14.6 Å². The van der Waals surface area contributed by atoms with Crippen LogP contribution < -0.4 is 4.74 Å². The first-order chi connectivity index (χ1) is 11.1. The van der Waals surface area contributed by atoms with Crippen molar-refractivity contribution in [3.63, 3.8) is 0 Å². The van der Waals surface area contributed by atoms with E-state index in [0.717, 1.165) is 22.2 Å². The molecule has 23 heavy (non-hydrogen) atoms. The molecule has 1 N–H and O–H groups in total. The second kappa shape index (κ2) is 6.34. The van der Waals surface area contributed by atoms with E-state index in [1.54, 1.807) is 23.6 Å². The molecular weight excluding hydrogens is 314 g/mol. The van der Waals surface area contributed by atoms with Crippen molar-refractivity contribution in [1.82, 2.24) is 4.57 Å². The quantitative estimate of drug-likeness (QED) is 0.755. The third-order valence-electron chi connectivity index (χ3n) is 3.81. The van der Waals surface area contributed by atoms with E-state index in [0.29, 0.717) is 18.2 Å². The van der Waals surface area contributed by atoms with Crippen molar-refractivity contribution in [3.05, 3.63) is 64.8 Å². The van der Waals surface area contributed by atoms with Gasteiger partial charge in [0.25, 0.3) is 0 Å². The average Bonchev–Trinajstić information content (AvgIpc) is 2.81. The third-order valence-corrected chi connectivity index (χ3v) is 4.04. The number of carboxylic acids is 1. The number of ether oxygens (including phenoxy) is 1. The first kappa shape index (κ1) is 15.4. The van der Waals surface area contributed by atoms with Crippen LogP contribution in [0.1, 0.15) is 16.1 Å². The monoisotopic (exact) mass is 329 g/mol. The molecule has 0 unspecified atom stereocenters. The molecule has 118 valence electrons. The number of rotatable bonds is 5. The fourth-order valence-electron chi connectivity index (χ4n) is 2.77. The number of carbonyl (C=O) groups is 1. The van der Waals surface area contributed by atoms with Gasteiger partial charge in [-0.1, -0.05) is 29.8 Å². The van der Waals surface area contributed by atoms with E-state index in [1.165, 1.54) is 0 Å². The molecule has 4 nitrogen and oxygen atoms in total. The van der Waals surface area contributed by atoms with Crippen LogP contribution in [0, 0.1) is 6.92 Å². The van der Waals surface area contributed by atoms with Gasteiger partial charge in [-0.15, -0.1) is 0 Å². The van der Waals surface area contributed by atoms with Gasteiger partial charge < -0.3 is 14.4 Å². The number of fused-ring (bicyclic) bond motifs is 1.